The maximum absolute atomic E-state index is 12.4. The molecule has 0 saturated carbocycles. The van der Waals surface area contributed by atoms with Crippen LogP contribution in [-0.4, -0.2) is 18.1 Å². The van der Waals surface area contributed by atoms with Crippen molar-refractivity contribution in [2.75, 3.05) is 5.73 Å². The summed E-state index contributed by atoms with van der Waals surface area (Å²) in [5.41, 5.74) is 3.88. The molecule has 0 aliphatic heterocycles. The van der Waals surface area contributed by atoms with E-state index >= 15 is 0 Å². The molecule has 0 aliphatic carbocycles. The highest BCUT2D eigenvalue weighted by Crippen LogP contribution is 2.18. The van der Waals surface area contributed by atoms with Gasteiger partial charge in [0.1, 0.15) is 0 Å². The molecule has 1 aromatic rings. The van der Waals surface area contributed by atoms with Crippen molar-refractivity contribution in [1.29, 1.82) is 0 Å². The summed E-state index contributed by atoms with van der Waals surface area (Å²) in [5.74, 6) is -1.42. The molecule has 1 rings (SSSR count). The third-order valence-corrected chi connectivity index (χ3v) is 2.08. The van der Waals surface area contributed by atoms with Crippen LogP contribution in [0.15, 0.2) is 12.1 Å². The Balaban J connectivity index is 3.43. The molecule has 0 saturated heterocycles. The zero-order valence-corrected chi connectivity index (χ0v) is 7.80. The maximum atomic E-state index is 12.4. The number of rotatable bonds is 2. The summed E-state index contributed by atoms with van der Waals surface area (Å²) >= 11 is 0. The molecular weight excluding hydrogens is 210 g/mol. The predicted molar refractivity (Wildman–Crippen MR) is 51.3 cm³/mol. The van der Waals surface area contributed by atoms with E-state index in [2.05, 4.69) is 0 Å². The number of anilines is 1. The van der Waals surface area contributed by atoms with E-state index in [-0.39, 0.29) is 11.3 Å². The predicted octanol–water partition coefficient (Wildman–Crippen LogP) is 1.33. The Hall–Kier alpha value is -1.66. The van der Waals surface area contributed by atoms with Gasteiger partial charge in [0, 0.05) is 5.69 Å². The lowest BCUT2D eigenvalue weighted by atomic mass is 9.78. The van der Waals surface area contributed by atoms with Gasteiger partial charge in [-0.3, -0.25) is 0 Å². The standard InChI is InChI=1S/C8H8BF3NO2/c1-4-6(8(14)15)2-5(3-7(4)13)9(10,11)12/h2-3H,13H2,1H3,(H,14,15)/q-1. The Kier molecular flexibility index (Phi) is 2.66. The van der Waals surface area contributed by atoms with Crippen molar-refractivity contribution in [3.05, 3.63) is 23.3 Å². The molecule has 15 heavy (non-hydrogen) atoms. The summed E-state index contributed by atoms with van der Waals surface area (Å²) in [4.78, 5) is 10.6. The summed E-state index contributed by atoms with van der Waals surface area (Å²) in [7, 11) is 0. The van der Waals surface area contributed by atoms with Crippen LogP contribution in [0, 0.1) is 6.92 Å². The van der Waals surface area contributed by atoms with Gasteiger partial charge in [-0.05, 0) is 12.5 Å². The summed E-state index contributed by atoms with van der Waals surface area (Å²) < 4.78 is 37.1. The van der Waals surface area contributed by atoms with E-state index in [0.717, 1.165) is 6.07 Å². The molecule has 0 aliphatic rings. The van der Waals surface area contributed by atoms with Gasteiger partial charge in [-0.2, -0.15) is 0 Å². The summed E-state index contributed by atoms with van der Waals surface area (Å²) in [6, 6.07) is 1.36. The molecule has 0 unspecified atom stereocenters. The zero-order valence-electron chi connectivity index (χ0n) is 7.80. The lowest BCUT2D eigenvalue weighted by Crippen LogP contribution is -2.35. The fraction of sp³-hybridized carbons (Fsp3) is 0.125. The molecule has 0 bridgehead atoms. The number of hydrogen-bond donors (Lipinski definition) is 2. The van der Waals surface area contributed by atoms with Crippen LogP contribution in [0.1, 0.15) is 15.9 Å². The van der Waals surface area contributed by atoms with Crippen LogP contribution in [0.25, 0.3) is 0 Å². The molecule has 3 nitrogen and oxygen atoms in total. The molecule has 0 amide bonds. The quantitative estimate of drug-likeness (QED) is 0.581. The molecule has 0 fully saturated rings. The maximum Gasteiger partial charge on any atom is 0.509 e. The van der Waals surface area contributed by atoms with Crippen LogP contribution in [0.4, 0.5) is 18.6 Å². The SMILES string of the molecule is Cc1c(N)cc([B-](F)(F)F)cc1C(=O)O. The highest BCUT2D eigenvalue weighted by molar-refractivity contribution is 6.73. The number of nitrogen functional groups attached to an aromatic ring is 1. The number of carboxylic acid groups (broad SMARTS) is 1. The van der Waals surface area contributed by atoms with Gasteiger partial charge < -0.3 is 23.8 Å². The first-order valence-electron chi connectivity index (χ1n) is 4.06. The number of aromatic carboxylic acids is 1. The van der Waals surface area contributed by atoms with E-state index < -0.39 is 24.0 Å². The topological polar surface area (TPSA) is 63.3 Å². The molecule has 0 aromatic heterocycles. The molecule has 0 spiro atoms. The van der Waals surface area contributed by atoms with Crippen molar-refractivity contribution in [3.8, 4) is 0 Å². The fourth-order valence-corrected chi connectivity index (χ4v) is 1.17. The zero-order chi connectivity index (χ0) is 11.8. The minimum atomic E-state index is -5.23. The van der Waals surface area contributed by atoms with Gasteiger partial charge >= 0.3 is 12.9 Å². The van der Waals surface area contributed by atoms with E-state index in [9.17, 15) is 17.7 Å². The summed E-state index contributed by atoms with van der Waals surface area (Å²) in [6.07, 6.45) is 0. The van der Waals surface area contributed by atoms with E-state index in [1.807, 2.05) is 0 Å². The van der Waals surface area contributed by atoms with Crippen molar-refractivity contribution in [1.82, 2.24) is 0 Å². The van der Waals surface area contributed by atoms with E-state index in [4.69, 9.17) is 10.8 Å². The molecule has 0 atom stereocenters. The minimum Gasteiger partial charge on any atom is -0.478 e. The Morgan fingerprint density at radius 3 is 2.33 bits per heavy atom. The smallest absolute Gasteiger partial charge is 0.478 e. The number of benzene rings is 1. The number of halogens is 3. The molecule has 7 heteroatoms. The van der Waals surface area contributed by atoms with Gasteiger partial charge in [0.25, 0.3) is 0 Å². The molecule has 0 heterocycles. The van der Waals surface area contributed by atoms with Gasteiger partial charge in [0.05, 0.1) is 5.56 Å². The molecule has 82 valence electrons. The summed E-state index contributed by atoms with van der Waals surface area (Å²) in [6.45, 7) is -3.86. The van der Waals surface area contributed by atoms with Crippen LogP contribution in [0.2, 0.25) is 0 Å². The van der Waals surface area contributed by atoms with Crippen LogP contribution >= 0.6 is 0 Å². The first kappa shape index (κ1) is 11.4. The van der Waals surface area contributed by atoms with Crippen LogP contribution < -0.4 is 11.2 Å². The van der Waals surface area contributed by atoms with Gasteiger partial charge in [-0.25, -0.2) is 4.79 Å². The van der Waals surface area contributed by atoms with Gasteiger partial charge in [0.15, 0.2) is 0 Å². The highest BCUT2D eigenvalue weighted by Gasteiger charge is 2.27. The van der Waals surface area contributed by atoms with Crippen molar-refractivity contribution >= 4 is 24.1 Å². The monoisotopic (exact) mass is 218 g/mol. The molecule has 3 N–H and O–H groups in total. The second-order valence-electron chi connectivity index (χ2n) is 3.16. The lowest BCUT2D eigenvalue weighted by molar-refractivity contribution is 0.0696. The van der Waals surface area contributed by atoms with Crippen LogP contribution in [-0.2, 0) is 0 Å². The largest absolute Gasteiger partial charge is 0.509 e. The average Bonchev–Trinajstić information content (AvgIpc) is 2.06. The Labute approximate surface area is 83.8 Å². The Morgan fingerprint density at radius 2 is 1.93 bits per heavy atom. The van der Waals surface area contributed by atoms with Crippen molar-refractivity contribution in [2.45, 2.75) is 6.92 Å². The number of hydrogen-bond acceptors (Lipinski definition) is 2. The molecule has 1 aromatic carbocycles. The van der Waals surface area contributed by atoms with Gasteiger partial charge in [0.2, 0.25) is 0 Å². The minimum absolute atomic E-state index is 0.145. The number of nitrogens with two attached hydrogens (primary N) is 1. The number of carboxylic acids is 1. The fourth-order valence-electron chi connectivity index (χ4n) is 1.17. The molecule has 0 radical (unpaired) electrons. The van der Waals surface area contributed by atoms with Crippen LogP contribution in [0.5, 0.6) is 0 Å². The molecular formula is C8H8BF3NO2-. The second-order valence-corrected chi connectivity index (χ2v) is 3.16. The van der Waals surface area contributed by atoms with Crippen molar-refractivity contribution in [3.63, 3.8) is 0 Å². The van der Waals surface area contributed by atoms with Crippen LogP contribution in [0.3, 0.4) is 0 Å². The van der Waals surface area contributed by atoms with E-state index in [1.165, 1.54) is 6.92 Å². The van der Waals surface area contributed by atoms with E-state index in [1.54, 1.807) is 0 Å². The Bertz CT molecular complexity index is 417. The normalized spacial score (nSPS) is 11.5. The third kappa shape index (κ3) is 2.23. The first-order chi connectivity index (χ1) is 6.73. The van der Waals surface area contributed by atoms with Crippen molar-refractivity contribution < 1.29 is 22.8 Å². The van der Waals surface area contributed by atoms with E-state index in [0.29, 0.717) is 6.07 Å². The third-order valence-electron chi connectivity index (χ3n) is 2.08. The first-order valence-corrected chi connectivity index (χ1v) is 4.06. The second kappa shape index (κ2) is 3.49. The van der Waals surface area contributed by atoms with Gasteiger partial charge in [-0.1, -0.05) is 12.1 Å². The van der Waals surface area contributed by atoms with Gasteiger partial charge in [-0.15, -0.1) is 5.46 Å². The average molecular weight is 218 g/mol. The van der Waals surface area contributed by atoms with Crippen molar-refractivity contribution in [2.24, 2.45) is 0 Å². The number of carbonyl (C=O) groups is 1. The highest BCUT2D eigenvalue weighted by atomic mass is 19.4. The summed E-state index contributed by atoms with van der Waals surface area (Å²) in [5, 5.41) is 8.66. The lowest BCUT2D eigenvalue weighted by Gasteiger charge is -2.17. The Morgan fingerprint density at radius 1 is 1.40 bits per heavy atom.